The molecule has 0 nitrogen and oxygen atoms in total. The molecule has 0 amide bonds. The average molecular weight is 281 g/mol. The lowest BCUT2D eigenvalue weighted by atomic mass is 9.71. The first-order valence-corrected chi connectivity index (χ1v) is 7.48. The molecule has 0 saturated heterocycles. The van der Waals surface area contributed by atoms with Gasteiger partial charge in [0.1, 0.15) is 0 Å². The maximum absolute atomic E-state index is 3.75. The summed E-state index contributed by atoms with van der Waals surface area (Å²) in [7, 11) is 0. The van der Waals surface area contributed by atoms with Gasteiger partial charge in [0.05, 0.1) is 0 Å². The molecule has 0 unspecified atom stereocenters. The number of hydrogen-bond acceptors (Lipinski definition) is 0. The number of rotatable bonds is 3. The second-order valence-electron chi connectivity index (χ2n) is 5.30. The van der Waals surface area contributed by atoms with E-state index in [9.17, 15) is 0 Å². The summed E-state index contributed by atoms with van der Waals surface area (Å²) in [5, 5.41) is 1.16. The highest BCUT2D eigenvalue weighted by Crippen LogP contribution is 2.41. The molecular weight excluding hydrogens is 260 g/mol. The van der Waals surface area contributed by atoms with Crippen molar-refractivity contribution < 1.29 is 0 Å². The fourth-order valence-corrected chi connectivity index (χ4v) is 3.63. The molecule has 0 aliphatic heterocycles. The van der Waals surface area contributed by atoms with E-state index in [-0.39, 0.29) is 0 Å². The van der Waals surface area contributed by atoms with E-state index in [2.05, 4.69) is 47.1 Å². The van der Waals surface area contributed by atoms with Crippen LogP contribution in [0.1, 0.15) is 43.2 Å². The predicted molar refractivity (Wildman–Crippen MR) is 74.2 cm³/mol. The van der Waals surface area contributed by atoms with Crippen LogP contribution in [0, 0.1) is 12.3 Å². The maximum Gasteiger partial charge on any atom is 0.00911 e. The lowest BCUT2D eigenvalue weighted by Gasteiger charge is -2.36. The molecule has 1 aromatic rings. The Morgan fingerprint density at radius 2 is 1.81 bits per heavy atom. The molecule has 0 bridgehead atoms. The molecule has 0 atom stereocenters. The van der Waals surface area contributed by atoms with Gasteiger partial charge in [0, 0.05) is 5.33 Å². The first-order chi connectivity index (χ1) is 7.76. The summed E-state index contributed by atoms with van der Waals surface area (Å²) in [5.41, 5.74) is 3.53. The van der Waals surface area contributed by atoms with E-state index in [0.29, 0.717) is 5.41 Å². The van der Waals surface area contributed by atoms with Crippen LogP contribution in [0.3, 0.4) is 0 Å². The van der Waals surface area contributed by atoms with Crippen molar-refractivity contribution in [3.8, 4) is 0 Å². The Labute approximate surface area is 108 Å². The van der Waals surface area contributed by atoms with Crippen LogP contribution in [0.5, 0.6) is 0 Å². The van der Waals surface area contributed by atoms with Crippen LogP contribution in [0.2, 0.25) is 0 Å². The smallest absolute Gasteiger partial charge is 0.00911 e. The second-order valence-corrected chi connectivity index (χ2v) is 5.86. The fourth-order valence-electron chi connectivity index (χ4n) is 2.87. The molecule has 1 saturated carbocycles. The summed E-state index contributed by atoms with van der Waals surface area (Å²) in [4.78, 5) is 0. The lowest BCUT2D eigenvalue weighted by molar-refractivity contribution is 0.223. The Bertz CT molecular complexity index is 337. The van der Waals surface area contributed by atoms with Crippen LogP contribution in [0.4, 0.5) is 0 Å². The number of hydrogen-bond donors (Lipinski definition) is 0. The minimum Gasteiger partial charge on any atom is -0.0922 e. The monoisotopic (exact) mass is 280 g/mol. The van der Waals surface area contributed by atoms with E-state index in [1.54, 1.807) is 5.56 Å². The summed E-state index contributed by atoms with van der Waals surface area (Å²) >= 11 is 3.75. The highest BCUT2D eigenvalue weighted by Gasteiger charge is 2.31. The van der Waals surface area contributed by atoms with Crippen molar-refractivity contribution in [2.24, 2.45) is 5.41 Å². The molecule has 0 aromatic heterocycles. The molecule has 1 heteroatoms. The van der Waals surface area contributed by atoms with E-state index in [1.807, 2.05) is 0 Å². The molecule has 1 aliphatic carbocycles. The van der Waals surface area contributed by atoms with Crippen molar-refractivity contribution in [3.05, 3.63) is 35.4 Å². The number of halogens is 1. The Morgan fingerprint density at radius 1 is 1.12 bits per heavy atom. The van der Waals surface area contributed by atoms with Gasteiger partial charge in [0.15, 0.2) is 0 Å². The van der Waals surface area contributed by atoms with Gasteiger partial charge in [-0.1, -0.05) is 59.5 Å². The third-order valence-electron chi connectivity index (χ3n) is 4.02. The molecule has 1 fully saturated rings. The van der Waals surface area contributed by atoms with E-state index < -0.39 is 0 Å². The van der Waals surface area contributed by atoms with Crippen LogP contribution in [0.15, 0.2) is 24.3 Å². The van der Waals surface area contributed by atoms with Crippen LogP contribution < -0.4 is 0 Å². The standard InChI is InChI=1S/C15H21Br/c1-13-7-3-4-8-14(13)11-15(12-16)9-5-2-6-10-15/h3-4,7-8H,2,5-6,9-12H2,1H3. The Hall–Kier alpha value is -0.300. The van der Waals surface area contributed by atoms with Crippen molar-refractivity contribution >= 4 is 15.9 Å². The van der Waals surface area contributed by atoms with Crippen molar-refractivity contribution in [1.82, 2.24) is 0 Å². The lowest BCUT2D eigenvalue weighted by Crippen LogP contribution is -2.28. The van der Waals surface area contributed by atoms with Gasteiger partial charge in [-0.05, 0) is 42.7 Å². The van der Waals surface area contributed by atoms with E-state index >= 15 is 0 Å². The van der Waals surface area contributed by atoms with Gasteiger partial charge in [0.25, 0.3) is 0 Å². The molecule has 0 spiro atoms. The van der Waals surface area contributed by atoms with Gasteiger partial charge in [-0.3, -0.25) is 0 Å². The molecule has 0 heterocycles. The van der Waals surface area contributed by atoms with E-state index in [1.165, 1.54) is 44.1 Å². The van der Waals surface area contributed by atoms with E-state index in [4.69, 9.17) is 0 Å². The Kier molecular flexibility index (Phi) is 4.07. The zero-order valence-electron chi connectivity index (χ0n) is 10.1. The molecular formula is C15H21Br. The molecule has 16 heavy (non-hydrogen) atoms. The zero-order chi connectivity index (χ0) is 11.4. The average Bonchev–Trinajstić information content (AvgIpc) is 2.33. The molecule has 88 valence electrons. The summed E-state index contributed by atoms with van der Waals surface area (Å²) < 4.78 is 0. The van der Waals surface area contributed by atoms with Crippen LogP contribution in [-0.4, -0.2) is 5.33 Å². The van der Waals surface area contributed by atoms with Crippen LogP contribution in [0.25, 0.3) is 0 Å². The third-order valence-corrected chi connectivity index (χ3v) is 5.21. The molecule has 0 radical (unpaired) electrons. The van der Waals surface area contributed by atoms with Gasteiger partial charge < -0.3 is 0 Å². The Morgan fingerprint density at radius 3 is 2.44 bits per heavy atom. The number of alkyl halides is 1. The SMILES string of the molecule is Cc1ccccc1CC1(CBr)CCCCC1. The highest BCUT2D eigenvalue weighted by atomic mass is 79.9. The van der Waals surface area contributed by atoms with Gasteiger partial charge in [-0.2, -0.15) is 0 Å². The van der Waals surface area contributed by atoms with Crippen LogP contribution in [-0.2, 0) is 6.42 Å². The maximum atomic E-state index is 3.75. The first kappa shape index (κ1) is 12.2. The normalized spacial score (nSPS) is 19.6. The molecule has 2 rings (SSSR count). The van der Waals surface area contributed by atoms with Gasteiger partial charge in [0.2, 0.25) is 0 Å². The van der Waals surface area contributed by atoms with Gasteiger partial charge in [-0.15, -0.1) is 0 Å². The fraction of sp³-hybridized carbons (Fsp3) is 0.600. The van der Waals surface area contributed by atoms with E-state index in [0.717, 1.165) is 5.33 Å². The number of benzene rings is 1. The largest absolute Gasteiger partial charge is 0.0922 e. The van der Waals surface area contributed by atoms with Crippen molar-refractivity contribution in [2.75, 3.05) is 5.33 Å². The highest BCUT2D eigenvalue weighted by molar-refractivity contribution is 9.09. The first-order valence-electron chi connectivity index (χ1n) is 6.36. The molecule has 1 aliphatic rings. The second kappa shape index (κ2) is 5.35. The minimum absolute atomic E-state index is 0.532. The van der Waals surface area contributed by atoms with Gasteiger partial charge >= 0.3 is 0 Å². The summed E-state index contributed by atoms with van der Waals surface area (Å²) in [6.07, 6.45) is 8.31. The quantitative estimate of drug-likeness (QED) is 0.692. The summed E-state index contributed by atoms with van der Waals surface area (Å²) in [5.74, 6) is 0. The summed E-state index contributed by atoms with van der Waals surface area (Å²) in [6.45, 7) is 2.24. The predicted octanol–water partition coefficient (Wildman–Crippen LogP) is 4.88. The summed E-state index contributed by atoms with van der Waals surface area (Å²) in [6, 6.07) is 8.85. The van der Waals surface area contributed by atoms with Crippen molar-refractivity contribution in [1.29, 1.82) is 0 Å². The van der Waals surface area contributed by atoms with Crippen molar-refractivity contribution in [3.63, 3.8) is 0 Å². The molecule has 1 aromatic carbocycles. The van der Waals surface area contributed by atoms with Crippen LogP contribution >= 0.6 is 15.9 Å². The topological polar surface area (TPSA) is 0 Å². The Balaban J connectivity index is 2.15. The minimum atomic E-state index is 0.532. The third kappa shape index (κ3) is 2.68. The van der Waals surface area contributed by atoms with Gasteiger partial charge in [-0.25, -0.2) is 0 Å². The number of aryl methyl sites for hydroxylation is 1. The van der Waals surface area contributed by atoms with Crippen molar-refractivity contribution in [2.45, 2.75) is 45.4 Å². The zero-order valence-corrected chi connectivity index (χ0v) is 11.7. The molecule has 0 N–H and O–H groups in total.